The van der Waals surface area contributed by atoms with Crippen LogP contribution in [0.2, 0.25) is 0 Å². The van der Waals surface area contributed by atoms with Crippen LogP contribution in [0.1, 0.15) is 25.3 Å². The normalized spacial score (nSPS) is 24.5. The number of imide groups is 1. The second-order valence-corrected chi connectivity index (χ2v) is 6.24. The first-order valence-electron chi connectivity index (χ1n) is 7.88. The van der Waals surface area contributed by atoms with Crippen LogP contribution >= 0.6 is 0 Å². The fraction of sp³-hybridized carbons (Fsp3) is 0.389. The molecule has 5 heteroatoms. The van der Waals surface area contributed by atoms with E-state index in [1.165, 1.54) is 0 Å². The highest BCUT2D eigenvalue weighted by Gasteiger charge is 2.50. The third kappa shape index (κ3) is 2.79. The van der Waals surface area contributed by atoms with Gasteiger partial charge in [0, 0.05) is 5.69 Å². The van der Waals surface area contributed by atoms with Crippen molar-refractivity contribution in [1.29, 1.82) is 0 Å². The number of anilines is 1. The van der Waals surface area contributed by atoms with Crippen LogP contribution in [0.15, 0.2) is 36.4 Å². The lowest BCUT2D eigenvalue weighted by molar-refractivity contribution is -0.146. The van der Waals surface area contributed by atoms with Crippen LogP contribution in [0, 0.1) is 18.8 Å². The van der Waals surface area contributed by atoms with Crippen LogP contribution in [-0.4, -0.2) is 28.7 Å². The Kier molecular flexibility index (Phi) is 4.03. The molecule has 0 spiro atoms. The molecule has 0 bridgehead atoms. The monoisotopic (exact) mass is 312 g/mol. The molecule has 3 rings (SSSR count). The van der Waals surface area contributed by atoms with Crippen LogP contribution in [0.5, 0.6) is 0 Å². The summed E-state index contributed by atoms with van der Waals surface area (Å²) in [7, 11) is 0. The van der Waals surface area contributed by atoms with Crippen LogP contribution in [-0.2, 0) is 14.4 Å². The zero-order valence-corrected chi connectivity index (χ0v) is 13.3. The number of aryl methyl sites for hydroxylation is 1. The Morgan fingerprint density at radius 2 is 1.78 bits per heavy atom. The maximum Gasteiger partial charge on any atom is 0.247 e. The first kappa shape index (κ1) is 15.5. The van der Waals surface area contributed by atoms with Gasteiger partial charge < -0.3 is 5.32 Å². The summed E-state index contributed by atoms with van der Waals surface area (Å²) in [4.78, 5) is 38.6. The number of hydrogen-bond acceptors (Lipinski definition) is 3. The summed E-state index contributed by atoms with van der Waals surface area (Å²) in [6.45, 7) is 3.54. The summed E-state index contributed by atoms with van der Waals surface area (Å²) >= 11 is 0. The number of carbonyl (C=O) groups excluding carboxylic acids is 3. The maximum atomic E-state index is 12.5. The highest BCUT2D eigenvalue weighted by atomic mass is 16.2. The minimum Gasteiger partial charge on any atom is -0.324 e. The largest absolute Gasteiger partial charge is 0.324 e. The van der Waals surface area contributed by atoms with Crippen molar-refractivity contribution in [3.8, 4) is 0 Å². The summed E-state index contributed by atoms with van der Waals surface area (Å²) in [5.41, 5.74) is 1.70. The first-order chi connectivity index (χ1) is 11.0. The number of rotatable bonds is 3. The molecule has 1 aromatic carbocycles. The van der Waals surface area contributed by atoms with E-state index in [9.17, 15) is 14.4 Å². The van der Waals surface area contributed by atoms with E-state index in [-0.39, 0.29) is 29.6 Å². The summed E-state index contributed by atoms with van der Waals surface area (Å²) in [5.74, 6) is -1.40. The van der Waals surface area contributed by atoms with E-state index in [4.69, 9.17) is 0 Å². The lowest BCUT2D eigenvalue weighted by Gasteiger charge is -2.22. The molecular formula is C18H20N2O3. The molecule has 5 nitrogen and oxygen atoms in total. The molecule has 1 aliphatic heterocycles. The predicted molar refractivity (Wildman–Crippen MR) is 86.5 cm³/mol. The Morgan fingerprint density at radius 3 is 2.35 bits per heavy atom. The second kappa shape index (κ2) is 5.99. The molecule has 2 aliphatic rings. The lowest BCUT2D eigenvalue weighted by atomic mass is 9.85. The Morgan fingerprint density at radius 1 is 1.17 bits per heavy atom. The number of benzene rings is 1. The van der Waals surface area contributed by atoms with Crippen LogP contribution in [0.3, 0.4) is 0 Å². The topological polar surface area (TPSA) is 66.5 Å². The average Bonchev–Trinajstić information content (AvgIpc) is 2.79. The van der Waals surface area contributed by atoms with Crippen molar-refractivity contribution < 1.29 is 14.4 Å². The van der Waals surface area contributed by atoms with Crippen LogP contribution in [0.4, 0.5) is 5.69 Å². The molecule has 1 N–H and O–H groups in total. The van der Waals surface area contributed by atoms with Crippen molar-refractivity contribution >= 4 is 23.4 Å². The number of likely N-dealkylation sites (tertiary alicyclic amines) is 1. The zero-order chi connectivity index (χ0) is 16.6. The van der Waals surface area contributed by atoms with Crippen molar-refractivity contribution in [1.82, 2.24) is 4.90 Å². The molecule has 1 saturated heterocycles. The molecule has 0 radical (unpaired) electrons. The van der Waals surface area contributed by atoms with Crippen molar-refractivity contribution in [3.05, 3.63) is 42.0 Å². The molecule has 0 aromatic heterocycles. The summed E-state index contributed by atoms with van der Waals surface area (Å²) < 4.78 is 0. The number of allylic oxidation sites excluding steroid dienone is 2. The van der Waals surface area contributed by atoms with Gasteiger partial charge in [0.1, 0.15) is 6.04 Å². The van der Waals surface area contributed by atoms with Crippen molar-refractivity contribution in [2.75, 3.05) is 5.32 Å². The van der Waals surface area contributed by atoms with Crippen molar-refractivity contribution in [2.45, 2.75) is 32.7 Å². The van der Waals surface area contributed by atoms with Gasteiger partial charge in [-0.15, -0.1) is 0 Å². The lowest BCUT2D eigenvalue weighted by Crippen LogP contribution is -2.46. The molecule has 23 heavy (non-hydrogen) atoms. The molecule has 1 aromatic rings. The Labute approximate surface area is 135 Å². The molecule has 1 heterocycles. The third-order valence-corrected chi connectivity index (χ3v) is 4.59. The van der Waals surface area contributed by atoms with Gasteiger partial charge in [0.15, 0.2) is 0 Å². The van der Waals surface area contributed by atoms with Gasteiger partial charge >= 0.3 is 0 Å². The summed E-state index contributed by atoms with van der Waals surface area (Å²) in [6.07, 6.45) is 5.04. The van der Waals surface area contributed by atoms with E-state index in [0.29, 0.717) is 18.5 Å². The van der Waals surface area contributed by atoms with Gasteiger partial charge in [0.25, 0.3) is 0 Å². The minimum atomic E-state index is -0.805. The highest BCUT2D eigenvalue weighted by Crippen LogP contribution is 2.36. The van der Waals surface area contributed by atoms with Gasteiger partial charge in [-0.1, -0.05) is 24.3 Å². The first-order valence-corrected chi connectivity index (χ1v) is 7.88. The predicted octanol–water partition coefficient (Wildman–Crippen LogP) is 2.27. The molecule has 1 fully saturated rings. The van der Waals surface area contributed by atoms with Gasteiger partial charge in [-0.05, 0) is 44.4 Å². The second-order valence-electron chi connectivity index (χ2n) is 6.24. The molecule has 2 unspecified atom stereocenters. The Balaban J connectivity index is 1.75. The Hall–Kier alpha value is -2.43. The highest BCUT2D eigenvalue weighted by molar-refractivity contribution is 6.10. The van der Waals surface area contributed by atoms with Crippen LogP contribution in [0.25, 0.3) is 0 Å². The van der Waals surface area contributed by atoms with E-state index in [2.05, 4.69) is 5.32 Å². The van der Waals surface area contributed by atoms with Gasteiger partial charge in [-0.25, -0.2) is 0 Å². The number of carbonyl (C=O) groups is 3. The summed E-state index contributed by atoms with van der Waals surface area (Å²) in [6, 6.07) is 6.62. The maximum absolute atomic E-state index is 12.5. The number of nitrogens with zero attached hydrogens (tertiary/aromatic N) is 1. The molecule has 3 atom stereocenters. The molecule has 3 amide bonds. The van der Waals surface area contributed by atoms with Crippen LogP contribution < -0.4 is 5.32 Å². The zero-order valence-electron chi connectivity index (χ0n) is 13.3. The fourth-order valence-electron chi connectivity index (χ4n) is 3.29. The summed E-state index contributed by atoms with van der Waals surface area (Å²) in [5, 5.41) is 2.78. The standard InChI is InChI=1S/C18H20N2O3/c1-11-6-5-7-13(10-11)19-16(21)12(2)20-17(22)14-8-3-4-9-15(14)18(20)23/h3-7,10,12,14-15H,8-9H2,1-2H3,(H,19,21)/t12-,14?,15?/m0/s1. The van der Waals surface area contributed by atoms with E-state index in [1.54, 1.807) is 13.0 Å². The number of amides is 3. The molecule has 1 aliphatic carbocycles. The van der Waals surface area contributed by atoms with Crippen molar-refractivity contribution in [3.63, 3.8) is 0 Å². The third-order valence-electron chi connectivity index (χ3n) is 4.59. The number of hydrogen-bond donors (Lipinski definition) is 1. The van der Waals surface area contributed by atoms with E-state index in [1.807, 2.05) is 37.3 Å². The van der Waals surface area contributed by atoms with Gasteiger partial charge in [0.05, 0.1) is 11.8 Å². The van der Waals surface area contributed by atoms with Gasteiger partial charge in [-0.2, -0.15) is 0 Å². The minimum absolute atomic E-state index is 0.226. The number of fused-ring (bicyclic) bond motifs is 1. The molecular weight excluding hydrogens is 292 g/mol. The molecule has 0 saturated carbocycles. The average molecular weight is 312 g/mol. The smallest absolute Gasteiger partial charge is 0.247 e. The van der Waals surface area contributed by atoms with Gasteiger partial charge in [-0.3, -0.25) is 19.3 Å². The number of nitrogens with one attached hydrogen (secondary N) is 1. The van der Waals surface area contributed by atoms with E-state index >= 15 is 0 Å². The van der Waals surface area contributed by atoms with E-state index < -0.39 is 6.04 Å². The van der Waals surface area contributed by atoms with E-state index in [0.717, 1.165) is 10.5 Å². The van der Waals surface area contributed by atoms with Crippen molar-refractivity contribution in [2.24, 2.45) is 11.8 Å². The quantitative estimate of drug-likeness (QED) is 0.688. The Bertz CT molecular complexity index is 669. The van der Waals surface area contributed by atoms with Gasteiger partial charge in [0.2, 0.25) is 17.7 Å². The fourth-order valence-corrected chi connectivity index (χ4v) is 3.29. The molecule has 120 valence electrons. The SMILES string of the molecule is Cc1cccc(NC(=O)[C@H](C)N2C(=O)C3CC=CCC3C2=O)c1.